The zero-order valence-electron chi connectivity index (χ0n) is 9.90. The molecule has 0 rings (SSSR count). The summed E-state index contributed by atoms with van der Waals surface area (Å²) in [7, 11) is 0. The van der Waals surface area contributed by atoms with Crippen molar-refractivity contribution in [3.63, 3.8) is 0 Å². The van der Waals surface area contributed by atoms with Crippen LogP contribution in [0.3, 0.4) is 0 Å². The van der Waals surface area contributed by atoms with E-state index >= 15 is 0 Å². The van der Waals surface area contributed by atoms with Gasteiger partial charge in [-0.25, -0.2) is 0 Å². The minimum absolute atomic E-state index is 0.0272. The van der Waals surface area contributed by atoms with Crippen molar-refractivity contribution in [3.8, 4) is 0 Å². The minimum atomic E-state index is -1.64. The molecule has 0 aliphatic carbocycles. The highest BCUT2D eigenvalue weighted by molar-refractivity contribution is 5.84. The number of rotatable bonds is 11. The number of aldehydes is 1. The first-order chi connectivity index (χ1) is 8.63. The highest BCUT2D eigenvalue weighted by Gasteiger charge is 2.23. The van der Waals surface area contributed by atoms with Crippen LogP contribution in [0.1, 0.15) is 0 Å². The van der Waals surface area contributed by atoms with Gasteiger partial charge in [0.2, 0.25) is 0 Å². The fourth-order valence-corrected chi connectivity index (χ4v) is 0.976. The summed E-state index contributed by atoms with van der Waals surface area (Å²) in [4.78, 5) is 20.7. The second-order valence-electron chi connectivity index (χ2n) is 3.35. The third-order valence-corrected chi connectivity index (χ3v) is 1.92. The average Bonchev–Trinajstić information content (AvgIpc) is 2.39. The Bertz CT molecular complexity index is 264. The van der Waals surface area contributed by atoms with Crippen molar-refractivity contribution in [2.75, 3.05) is 33.0 Å². The Morgan fingerprint density at radius 3 is 2.28 bits per heavy atom. The third-order valence-electron chi connectivity index (χ3n) is 1.92. The van der Waals surface area contributed by atoms with E-state index in [-0.39, 0.29) is 26.4 Å². The first-order valence-electron chi connectivity index (χ1n) is 5.37. The molecule has 0 aromatic heterocycles. The maximum atomic E-state index is 10.8. The Labute approximate surface area is 105 Å². The standard InChI is InChI=1S/C11H18O7/c12-3-6-17-4-1-2-5-18-8-10(15)11(16)9(14)7-13/h1-3,10-11,13,15-16H,4-8H2/b2-1+/t10-,11-/m1/s1. The number of carbonyl (C=O) groups is 2. The summed E-state index contributed by atoms with van der Waals surface area (Å²) in [6, 6.07) is 0. The quantitative estimate of drug-likeness (QED) is 0.225. The first-order valence-corrected chi connectivity index (χ1v) is 5.37. The van der Waals surface area contributed by atoms with Crippen LogP contribution in [0.4, 0.5) is 0 Å². The van der Waals surface area contributed by atoms with Crippen molar-refractivity contribution in [2.24, 2.45) is 0 Å². The lowest BCUT2D eigenvalue weighted by atomic mass is 10.1. The van der Waals surface area contributed by atoms with Gasteiger partial charge in [-0.3, -0.25) is 4.79 Å². The van der Waals surface area contributed by atoms with E-state index in [9.17, 15) is 19.8 Å². The summed E-state index contributed by atoms with van der Waals surface area (Å²) in [5, 5.41) is 26.9. The van der Waals surface area contributed by atoms with Crippen LogP contribution in [0.15, 0.2) is 12.2 Å². The topological polar surface area (TPSA) is 113 Å². The lowest BCUT2D eigenvalue weighted by Crippen LogP contribution is -2.38. The number of Topliss-reactive ketones (excluding diaryl/α,β-unsaturated/α-hetero) is 1. The largest absolute Gasteiger partial charge is 0.388 e. The molecule has 7 heteroatoms. The molecule has 0 radical (unpaired) electrons. The summed E-state index contributed by atoms with van der Waals surface area (Å²) in [6.45, 7) is -0.587. The number of aliphatic hydroxyl groups excluding tert-OH is 3. The van der Waals surface area contributed by atoms with Crippen molar-refractivity contribution in [1.29, 1.82) is 0 Å². The maximum Gasteiger partial charge on any atom is 0.189 e. The lowest BCUT2D eigenvalue weighted by molar-refractivity contribution is -0.138. The number of hydrogen-bond acceptors (Lipinski definition) is 7. The molecule has 0 saturated heterocycles. The molecular formula is C11H18O7. The highest BCUT2D eigenvalue weighted by Crippen LogP contribution is 1.96. The third kappa shape index (κ3) is 8.04. The molecule has 0 aromatic carbocycles. The summed E-state index contributed by atoms with van der Waals surface area (Å²) >= 11 is 0. The zero-order chi connectivity index (χ0) is 13.8. The van der Waals surface area contributed by atoms with Gasteiger partial charge in [0.05, 0.1) is 19.8 Å². The smallest absolute Gasteiger partial charge is 0.189 e. The van der Waals surface area contributed by atoms with Crippen molar-refractivity contribution < 1.29 is 34.4 Å². The predicted octanol–water partition coefficient (Wildman–Crippen LogP) is -1.94. The van der Waals surface area contributed by atoms with Gasteiger partial charge in [-0.05, 0) is 0 Å². The van der Waals surface area contributed by atoms with Crippen LogP contribution < -0.4 is 0 Å². The van der Waals surface area contributed by atoms with Crippen LogP contribution in [0, 0.1) is 0 Å². The van der Waals surface area contributed by atoms with Gasteiger partial charge in [-0.1, -0.05) is 12.2 Å². The summed E-state index contributed by atoms with van der Waals surface area (Å²) in [5.74, 6) is -0.857. The molecule has 104 valence electrons. The van der Waals surface area contributed by atoms with Crippen LogP contribution >= 0.6 is 0 Å². The van der Waals surface area contributed by atoms with Crippen molar-refractivity contribution in [2.45, 2.75) is 12.2 Å². The fraction of sp³-hybridized carbons (Fsp3) is 0.636. The van der Waals surface area contributed by atoms with Crippen molar-refractivity contribution >= 4 is 12.1 Å². The molecule has 0 spiro atoms. The molecule has 0 amide bonds. The van der Waals surface area contributed by atoms with E-state index in [1.165, 1.54) is 0 Å². The molecule has 0 saturated carbocycles. The first kappa shape index (κ1) is 16.9. The van der Waals surface area contributed by atoms with Gasteiger partial charge in [0.1, 0.15) is 31.7 Å². The van der Waals surface area contributed by atoms with Crippen molar-refractivity contribution in [3.05, 3.63) is 12.2 Å². The monoisotopic (exact) mass is 262 g/mol. The van der Waals surface area contributed by atoms with Gasteiger partial charge < -0.3 is 29.6 Å². The molecule has 0 aliphatic heterocycles. The van der Waals surface area contributed by atoms with E-state index < -0.39 is 24.6 Å². The van der Waals surface area contributed by atoms with E-state index in [0.29, 0.717) is 6.29 Å². The lowest BCUT2D eigenvalue weighted by Gasteiger charge is -2.15. The number of ketones is 1. The van der Waals surface area contributed by atoms with Gasteiger partial charge in [-0.15, -0.1) is 0 Å². The van der Waals surface area contributed by atoms with Crippen LogP contribution in [-0.4, -0.2) is 72.6 Å². The van der Waals surface area contributed by atoms with Gasteiger partial charge in [0.25, 0.3) is 0 Å². The molecule has 0 fully saturated rings. The van der Waals surface area contributed by atoms with E-state index in [1.807, 2.05) is 0 Å². The summed E-state index contributed by atoms with van der Waals surface area (Å²) in [5.41, 5.74) is 0. The minimum Gasteiger partial charge on any atom is -0.388 e. The van der Waals surface area contributed by atoms with Gasteiger partial charge >= 0.3 is 0 Å². The van der Waals surface area contributed by atoms with Gasteiger partial charge in [0.15, 0.2) is 5.78 Å². The van der Waals surface area contributed by atoms with Crippen LogP contribution in [-0.2, 0) is 19.1 Å². The SMILES string of the molecule is O=CCOC/C=C/COC[C@@H](O)[C@H](O)C(=O)CO. The van der Waals surface area contributed by atoms with Crippen molar-refractivity contribution in [1.82, 2.24) is 0 Å². The number of carbonyl (C=O) groups excluding carboxylic acids is 2. The Balaban J connectivity index is 3.59. The average molecular weight is 262 g/mol. The fourth-order valence-electron chi connectivity index (χ4n) is 0.976. The van der Waals surface area contributed by atoms with E-state index in [2.05, 4.69) is 0 Å². The summed E-state index contributed by atoms with van der Waals surface area (Å²) < 4.78 is 9.78. The van der Waals surface area contributed by atoms with E-state index in [4.69, 9.17) is 14.6 Å². The normalized spacial score (nSPS) is 14.6. The highest BCUT2D eigenvalue weighted by atomic mass is 16.5. The molecular weight excluding hydrogens is 244 g/mol. The molecule has 18 heavy (non-hydrogen) atoms. The number of aliphatic hydroxyl groups is 3. The molecule has 7 nitrogen and oxygen atoms in total. The predicted molar refractivity (Wildman–Crippen MR) is 60.9 cm³/mol. The molecule has 0 bridgehead atoms. The summed E-state index contributed by atoms with van der Waals surface area (Å²) in [6.07, 6.45) is 0.864. The molecule has 0 aromatic rings. The van der Waals surface area contributed by atoms with Gasteiger partial charge in [0, 0.05) is 0 Å². The second-order valence-corrected chi connectivity index (χ2v) is 3.35. The van der Waals surface area contributed by atoms with Gasteiger partial charge in [-0.2, -0.15) is 0 Å². The number of hydrogen-bond donors (Lipinski definition) is 3. The molecule has 0 aliphatic rings. The Morgan fingerprint density at radius 1 is 1.11 bits per heavy atom. The molecule has 2 atom stereocenters. The Hall–Kier alpha value is -1.12. The van der Waals surface area contributed by atoms with Crippen LogP contribution in [0.25, 0.3) is 0 Å². The Morgan fingerprint density at radius 2 is 1.72 bits per heavy atom. The molecule has 0 heterocycles. The molecule has 0 unspecified atom stereocenters. The second kappa shape index (κ2) is 11.0. The Kier molecular flexibility index (Phi) is 10.3. The zero-order valence-corrected chi connectivity index (χ0v) is 9.90. The number of ether oxygens (including phenoxy) is 2. The maximum absolute atomic E-state index is 10.8. The van der Waals surface area contributed by atoms with E-state index in [0.717, 1.165) is 0 Å². The van der Waals surface area contributed by atoms with E-state index in [1.54, 1.807) is 12.2 Å². The van der Waals surface area contributed by atoms with Crippen LogP contribution in [0.2, 0.25) is 0 Å². The van der Waals surface area contributed by atoms with Crippen LogP contribution in [0.5, 0.6) is 0 Å². The molecule has 3 N–H and O–H groups in total.